The van der Waals surface area contributed by atoms with E-state index in [-0.39, 0.29) is 22.6 Å². The van der Waals surface area contributed by atoms with Crippen molar-refractivity contribution >= 4 is 21.5 Å². The minimum absolute atomic E-state index is 0.00928. The van der Waals surface area contributed by atoms with E-state index in [4.69, 9.17) is 0 Å². The van der Waals surface area contributed by atoms with Gasteiger partial charge in [-0.2, -0.15) is 10.2 Å². The first-order valence-electron chi connectivity index (χ1n) is 10.5. The third kappa shape index (κ3) is 4.13. The van der Waals surface area contributed by atoms with Crippen LogP contribution in [0.2, 0.25) is 0 Å². The number of rotatable bonds is 4. The summed E-state index contributed by atoms with van der Waals surface area (Å²) >= 11 is 0. The van der Waals surface area contributed by atoms with Gasteiger partial charge < -0.3 is 0 Å². The lowest BCUT2D eigenvalue weighted by Crippen LogP contribution is -2.26. The highest BCUT2D eigenvalue weighted by molar-refractivity contribution is 7.91. The molecule has 1 aliphatic rings. The average Bonchev–Trinajstić information content (AvgIpc) is 3.30. The van der Waals surface area contributed by atoms with Crippen LogP contribution >= 0.6 is 0 Å². The van der Waals surface area contributed by atoms with E-state index in [2.05, 4.69) is 15.6 Å². The summed E-state index contributed by atoms with van der Waals surface area (Å²) in [5.74, 6) is -1.26. The molecule has 4 aromatic rings. The molecule has 0 saturated carbocycles. The number of hydrazone groups is 1. The standard InChI is InChI=1S/C25H19FN4O3S/c26-18-11-12-23-20(15-18)22(13-14-34(23,32)33)27-28-25(31)21-16-30(19-9-5-2-6-10-19)29-24(21)17-7-3-1-4-8-17/h1-12,15-16H,13-14H2,(H,28,31)/b27-22+. The van der Waals surface area contributed by atoms with E-state index in [1.54, 1.807) is 10.9 Å². The van der Waals surface area contributed by atoms with Crippen LogP contribution in [0.1, 0.15) is 22.3 Å². The normalized spacial score (nSPS) is 15.6. The van der Waals surface area contributed by atoms with Gasteiger partial charge in [0.15, 0.2) is 9.84 Å². The second-order valence-electron chi connectivity index (χ2n) is 7.75. The number of halogens is 1. The van der Waals surface area contributed by atoms with Gasteiger partial charge in [-0.3, -0.25) is 4.79 Å². The molecule has 1 N–H and O–H groups in total. The number of para-hydroxylation sites is 1. The van der Waals surface area contributed by atoms with Crippen molar-refractivity contribution in [2.45, 2.75) is 11.3 Å². The van der Waals surface area contributed by atoms with Crippen molar-refractivity contribution in [1.82, 2.24) is 15.2 Å². The van der Waals surface area contributed by atoms with Gasteiger partial charge >= 0.3 is 0 Å². The zero-order chi connectivity index (χ0) is 23.7. The van der Waals surface area contributed by atoms with E-state index >= 15 is 0 Å². The summed E-state index contributed by atoms with van der Waals surface area (Å²) in [5, 5.41) is 8.78. The molecule has 1 amide bonds. The van der Waals surface area contributed by atoms with E-state index in [9.17, 15) is 17.6 Å². The lowest BCUT2D eigenvalue weighted by Gasteiger charge is -2.18. The van der Waals surface area contributed by atoms with Gasteiger partial charge in [-0.05, 0) is 30.3 Å². The van der Waals surface area contributed by atoms with Crippen LogP contribution in [0.3, 0.4) is 0 Å². The number of benzene rings is 3. The fourth-order valence-electron chi connectivity index (χ4n) is 3.83. The Bertz CT molecular complexity index is 1510. The summed E-state index contributed by atoms with van der Waals surface area (Å²) in [6.45, 7) is 0. The summed E-state index contributed by atoms with van der Waals surface area (Å²) < 4.78 is 40.2. The van der Waals surface area contributed by atoms with Crippen LogP contribution in [0.15, 0.2) is 95.1 Å². The van der Waals surface area contributed by atoms with E-state index in [1.807, 2.05) is 60.7 Å². The molecule has 1 aliphatic heterocycles. The maximum Gasteiger partial charge on any atom is 0.275 e. The highest BCUT2D eigenvalue weighted by Gasteiger charge is 2.28. The number of fused-ring (bicyclic) bond motifs is 1. The van der Waals surface area contributed by atoms with Crippen LogP contribution in [0.5, 0.6) is 0 Å². The number of hydrogen-bond donors (Lipinski definition) is 1. The summed E-state index contributed by atoms with van der Waals surface area (Å²) in [4.78, 5) is 13.2. The third-order valence-electron chi connectivity index (χ3n) is 5.51. The Kier molecular flexibility index (Phi) is 5.54. The number of carbonyl (C=O) groups excluding carboxylic acids is 1. The van der Waals surface area contributed by atoms with Crippen LogP contribution in [0, 0.1) is 5.82 Å². The molecule has 0 spiro atoms. The molecule has 1 aromatic heterocycles. The Hall–Kier alpha value is -4.11. The summed E-state index contributed by atoms with van der Waals surface area (Å²) in [6, 6.07) is 22.1. The zero-order valence-corrected chi connectivity index (χ0v) is 18.7. The van der Waals surface area contributed by atoms with Crippen LogP contribution < -0.4 is 5.43 Å². The van der Waals surface area contributed by atoms with Crippen molar-refractivity contribution in [3.05, 3.63) is 102 Å². The van der Waals surface area contributed by atoms with Gasteiger partial charge in [0.25, 0.3) is 5.91 Å². The second kappa shape index (κ2) is 8.68. The van der Waals surface area contributed by atoms with Crippen LogP contribution in [-0.2, 0) is 9.84 Å². The average molecular weight is 475 g/mol. The fourth-order valence-corrected chi connectivity index (χ4v) is 5.30. The highest BCUT2D eigenvalue weighted by Crippen LogP contribution is 2.27. The van der Waals surface area contributed by atoms with E-state index in [1.165, 1.54) is 6.07 Å². The molecule has 0 atom stereocenters. The maximum atomic E-state index is 13.8. The molecule has 5 rings (SSSR count). The largest absolute Gasteiger partial charge is 0.275 e. The Balaban J connectivity index is 1.52. The minimum Gasteiger partial charge on any atom is -0.267 e. The van der Waals surface area contributed by atoms with Crippen molar-refractivity contribution in [1.29, 1.82) is 0 Å². The van der Waals surface area contributed by atoms with Crippen molar-refractivity contribution in [3.8, 4) is 16.9 Å². The summed E-state index contributed by atoms with van der Waals surface area (Å²) in [6.07, 6.45) is 1.68. The summed E-state index contributed by atoms with van der Waals surface area (Å²) in [5.41, 5.74) is 5.28. The number of hydrogen-bond acceptors (Lipinski definition) is 5. The smallest absolute Gasteiger partial charge is 0.267 e. The first-order chi connectivity index (χ1) is 16.4. The molecule has 170 valence electrons. The van der Waals surface area contributed by atoms with Crippen LogP contribution in [-0.4, -0.2) is 35.6 Å². The molecule has 0 saturated heterocycles. The lowest BCUT2D eigenvalue weighted by molar-refractivity contribution is 0.0955. The fraction of sp³-hybridized carbons (Fsp3) is 0.0800. The Morgan fingerprint density at radius 2 is 1.71 bits per heavy atom. The number of aromatic nitrogens is 2. The molecule has 9 heteroatoms. The van der Waals surface area contributed by atoms with Gasteiger partial charge in [-0.25, -0.2) is 22.9 Å². The topological polar surface area (TPSA) is 93.4 Å². The molecule has 3 aromatic carbocycles. The number of amides is 1. The van der Waals surface area contributed by atoms with Gasteiger partial charge in [-0.15, -0.1) is 0 Å². The molecule has 2 heterocycles. The molecular weight excluding hydrogens is 455 g/mol. The lowest BCUT2D eigenvalue weighted by atomic mass is 10.1. The van der Waals surface area contributed by atoms with Crippen molar-refractivity contribution in [3.63, 3.8) is 0 Å². The third-order valence-corrected chi connectivity index (χ3v) is 7.28. The van der Waals surface area contributed by atoms with Gasteiger partial charge in [0.1, 0.15) is 11.5 Å². The Labute approximate surface area is 195 Å². The zero-order valence-electron chi connectivity index (χ0n) is 17.8. The SMILES string of the molecule is O=C(N/N=C1\CCS(=O)(=O)c2ccc(F)cc21)c1cn(-c2ccccc2)nc1-c1ccccc1. The molecule has 7 nitrogen and oxygen atoms in total. The van der Waals surface area contributed by atoms with Gasteiger partial charge in [0.2, 0.25) is 0 Å². The van der Waals surface area contributed by atoms with E-state index in [0.29, 0.717) is 17.0 Å². The summed E-state index contributed by atoms with van der Waals surface area (Å²) in [7, 11) is -3.53. The van der Waals surface area contributed by atoms with E-state index < -0.39 is 21.6 Å². The van der Waals surface area contributed by atoms with Crippen LogP contribution in [0.25, 0.3) is 16.9 Å². The van der Waals surface area contributed by atoms with Crippen LogP contribution in [0.4, 0.5) is 4.39 Å². The Morgan fingerprint density at radius 3 is 2.44 bits per heavy atom. The predicted octanol–water partition coefficient (Wildman–Crippen LogP) is 3.99. The predicted molar refractivity (Wildman–Crippen MR) is 126 cm³/mol. The number of nitrogens with zero attached hydrogens (tertiary/aromatic N) is 3. The molecule has 0 fully saturated rings. The molecule has 0 aliphatic carbocycles. The van der Waals surface area contributed by atoms with Gasteiger partial charge in [-0.1, -0.05) is 48.5 Å². The first kappa shape index (κ1) is 21.7. The van der Waals surface area contributed by atoms with E-state index in [0.717, 1.165) is 23.4 Å². The van der Waals surface area contributed by atoms with Crippen molar-refractivity contribution in [2.24, 2.45) is 5.10 Å². The van der Waals surface area contributed by atoms with Crippen molar-refractivity contribution < 1.29 is 17.6 Å². The van der Waals surface area contributed by atoms with Crippen molar-refractivity contribution in [2.75, 3.05) is 5.75 Å². The second-order valence-corrected chi connectivity index (χ2v) is 9.82. The highest BCUT2D eigenvalue weighted by atomic mass is 32.2. The molecule has 34 heavy (non-hydrogen) atoms. The monoisotopic (exact) mass is 474 g/mol. The Morgan fingerprint density at radius 1 is 1.00 bits per heavy atom. The minimum atomic E-state index is -3.53. The maximum absolute atomic E-state index is 13.8. The molecule has 0 bridgehead atoms. The number of nitrogens with one attached hydrogen (secondary N) is 1. The van der Waals surface area contributed by atoms with Gasteiger partial charge in [0, 0.05) is 23.7 Å². The molecule has 0 radical (unpaired) electrons. The molecular formula is C25H19FN4O3S. The number of sulfone groups is 1. The first-order valence-corrected chi connectivity index (χ1v) is 12.2. The van der Waals surface area contributed by atoms with Gasteiger partial charge in [0.05, 0.1) is 27.6 Å². The quantitative estimate of drug-likeness (QED) is 0.358. The number of carbonyl (C=O) groups is 1. The molecule has 0 unspecified atom stereocenters.